The van der Waals surface area contributed by atoms with Crippen molar-refractivity contribution in [2.75, 3.05) is 13.2 Å². The number of aryl methyl sites for hydroxylation is 1. The van der Waals surface area contributed by atoms with Gasteiger partial charge in [-0.3, -0.25) is 0 Å². The molecule has 0 atom stereocenters. The molecule has 1 aromatic heterocycles. The molecule has 0 saturated carbocycles. The van der Waals surface area contributed by atoms with Gasteiger partial charge in [0.25, 0.3) is 0 Å². The van der Waals surface area contributed by atoms with Crippen molar-refractivity contribution in [3.8, 4) is 11.5 Å². The molecule has 2 rings (SSSR count). The molecule has 0 bridgehead atoms. The Balaban J connectivity index is 1.78. The number of ether oxygens (including phenoxy) is 2. The molecular formula is C15H18ClNO2S. The first-order chi connectivity index (χ1) is 9.83. The number of para-hydroxylation sites is 2. The van der Waals surface area contributed by atoms with E-state index in [9.17, 15) is 0 Å². The Hall–Kier alpha value is -1.26. The number of hydrogen-bond donors (Lipinski definition) is 0. The highest BCUT2D eigenvalue weighted by atomic mass is 35.5. The van der Waals surface area contributed by atoms with Crippen LogP contribution in [0.15, 0.2) is 29.6 Å². The number of alkyl halides is 1. The molecule has 1 aromatic carbocycles. The van der Waals surface area contributed by atoms with E-state index in [0.29, 0.717) is 19.1 Å². The van der Waals surface area contributed by atoms with Crippen molar-refractivity contribution in [1.29, 1.82) is 0 Å². The van der Waals surface area contributed by atoms with Crippen molar-refractivity contribution in [2.45, 2.75) is 25.6 Å². The summed E-state index contributed by atoms with van der Waals surface area (Å²) in [4.78, 5) is 4.43. The van der Waals surface area contributed by atoms with Crippen LogP contribution in [0.2, 0.25) is 0 Å². The van der Waals surface area contributed by atoms with E-state index >= 15 is 0 Å². The molecule has 0 radical (unpaired) electrons. The van der Waals surface area contributed by atoms with Gasteiger partial charge in [0.1, 0.15) is 0 Å². The zero-order valence-electron chi connectivity index (χ0n) is 11.5. The Labute approximate surface area is 128 Å². The van der Waals surface area contributed by atoms with Gasteiger partial charge in [0.05, 0.1) is 29.8 Å². The molecule has 1 heterocycles. The second kappa shape index (κ2) is 8.12. The van der Waals surface area contributed by atoms with Crippen LogP contribution in [0.3, 0.4) is 0 Å². The fraction of sp³-hybridized carbons (Fsp3) is 0.400. The fourth-order valence-electron chi connectivity index (χ4n) is 1.77. The molecular weight excluding hydrogens is 294 g/mol. The molecule has 0 aliphatic heterocycles. The van der Waals surface area contributed by atoms with Gasteiger partial charge in [-0.15, -0.1) is 22.9 Å². The molecule has 0 aliphatic carbocycles. The average molecular weight is 312 g/mol. The topological polar surface area (TPSA) is 31.4 Å². The molecule has 0 N–H and O–H groups in total. The van der Waals surface area contributed by atoms with Gasteiger partial charge >= 0.3 is 0 Å². The van der Waals surface area contributed by atoms with Crippen molar-refractivity contribution < 1.29 is 9.47 Å². The Bertz CT molecular complexity index is 530. The van der Waals surface area contributed by atoms with E-state index < -0.39 is 0 Å². The third-order valence-corrected chi connectivity index (χ3v) is 3.91. The Morgan fingerprint density at radius 3 is 2.60 bits per heavy atom. The van der Waals surface area contributed by atoms with Gasteiger partial charge in [-0.25, -0.2) is 4.98 Å². The zero-order chi connectivity index (χ0) is 14.2. The van der Waals surface area contributed by atoms with Crippen molar-refractivity contribution in [1.82, 2.24) is 4.98 Å². The van der Waals surface area contributed by atoms with Crippen LogP contribution in [0.25, 0.3) is 0 Å². The molecule has 3 nitrogen and oxygen atoms in total. The van der Waals surface area contributed by atoms with Crippen molar-refractivity contribution in [3.05, 3.63) is 40.3 Å². The van der Waals surface area contributed by atoms with E-state index in [-0.39, 0.29) is 0 Å². The minimum atomic E-state index is 0.481. The maximum Gasteiger partial charge on any atom is 0.161 e. The Kier molecular flexibility index (Phi) is 6.15. The monoisotopic (exact) mass is 311 g/mol. The molecule has 2 aromatic rings. The van der Waals surface area contributed by atoms with Crippen molar-refractivity contribution in [2.24, 2.45) is 0 Å². The van der Waals surface area contributed by atoms with Crippen molar-refractivity contribution >= 4 is 22.9 Å². The number of nitrogens with zero attached hydrogens (tertiary/aromatic N) is 1. The average Bonchev–Trinajstić information content (AvgIpc) is 2.93. The second-order valence-corrected chi connectivity index (χ2v) is 5.41. The van der Waals surface area contributed by atoms with E-state index in [1.807, 2.05) is 36.6 Å². The predicted molar refractivity (Wildman–Crippen MR) is 83.1 cm³/mol. The van der Waals surface area contributed by atoms with E-state index in [1.54, 1.807) is 11.3 Å². The lowest BCUT2D eigenvalue weighted by Crippen LogP contribution is -2.02. The Morgan fingerprint density at radius 1 is 1.20 bits per heavy atom. The van der Waals surface area contributed by atoms with E-state index in [2.05, 4.69) is 4.98 Å². The molecule has 0 amide bonds. The highest BCUT2D eigenvalue weighted by Crippen LogP contribution is 2.26. The number of thiazole rings is 1. The maximum atomic E-state index is 5.77. The number of aromatic nitrogens is 1. The molecule has 5 heteroatoms. The van der Waals surface area contributed by atoms with Crippen LogP contribution in [0.4, 0.5) is 0 Å². The molecule has 0 spiro atoms. The fourth-order valence-corrected chi connectivity index (χ4v) is 2.84. The van der Waals surface area contributed by atoms with Gasteiger partial charge in [0.15, 0.2) is 11.5 Å². The molecule has 0 saturated heterocycles. The molecule has 0 unspecified atom stereocenters. The summed E-state index contributed by atoms with van der Waals surface area (Å²) < 4.78 is 11.3. The summed E-state index contributed by atoms with van der Waals surface area (Å²) in [5.74, 6) is 2.08. The Morgan fingerprint density at radius 2 is 1.95 bits per heavy atom. The largest absolute Gasteiger partial charge is 0.490 e. The molecule has 20 heavy (non-hydrogen) atoms. The van der Waals surface area contributed by atoms with Gasteiger partial charge in [-0.2, -0.15) is 0 Å². The summed E-state index contributed by atoms with van der Waals surface area (Å²) in [5.41, 5.74) is 0.953. The van der Waals surface area contributed by atoms with E-state index in [0.717, 1.165) is 35.0 Å². The van der Waals surface area contributed by atoms with Crippen LogP contribution in [0.5, 0.6) is 11.5 Å². The summed E-state index contributed by atoms with van der Waals surface area (Å²) >= 11 is 7.39. The minimum absolute atomic E-state index is 0.481. The lowest BCUT2D eigenvalue weighted by molar-refractivity contribution is 0.273. The van der Waals surface area contributed by atoms with E-state index in [1.165, 1.54) is 0 Å². The standard InChI is InChI=1S/C15H18ClNO2S/c1-2-18-13-6-3-4-7-14(13)19-9-5-8-15-17-12(10-16)11-20-15/h3-4,6-7,11H,2,5,8-10H2,1H3. The van der Waals surface area contributed by atoms with Gasteiger partial charge < -0.3 is 9.47 Å². The molecule has 0 fully saturated rings. The lowest BCUT2D eigenvalue weighted by atomic mass is 10.3. The van der Waals surface area contributed by atoms with E-state index in [4.69, 9.17) is 21.1 Å². The number of hydrogen-bond acceptors (Lipinski definition) is 4. The summed E-state index contributed by atoms with van der Waals surface area (Å²) in [6, 6.07) is 7.75. The third kappa shape index (κ3) is 4.39. The molecule has 108 valence electrons. The zero-order valence-corrected chi connectivity index (χ0v) is 13.0. The van der Waals surface area contributed by atoms with Gasteiger partial charge in [-0.05, 0) is 25.5 Å². The minimum Gasteiger partial charge on any atom is -0.490 e. The van der Waals surface area contributed by atoms with Crippen LogP contribution in [-0.2, 0) is 12.3 Å². The quantitative estimate of drug-likeness (QED) is 0.538. The van der Waals surface area contributed by atoms with Gasteiger partial charge in [0, 0.05) is 11.8 Å². The van der Waals surface area contributed by atoms with Crippen molar-refractivity contribution in [3.63, 3.8) is 0 Å². The summed E-state index contributed by atoms with van der Waals surface area (Å²) in [6.45, 7) is 3.26. The smallest absolute Gasteiger partial charge is 0.161 e. The first-order valence-corrected chi connectivity index (χ1v) is 8.08. The van der Waals surface area contributed by atoms with Gasteiger partial charge in [-0.1, -0.05) is 12.1 Å². The van der Waals surface area contributed by atoms with Crippen LogP contribution in [0, 0.1) is 0 Å². The lowest BCUT2D eigenvalue weighted by Gasteiger charge is -2.11. The van der Waals surface area contributed by atoms with Crippen LogP contribution in [0.1, 0.15) is 24.0 Å². The van der Waals surface area contributed by atoms with Crippen LogP contribution < -0.4 is 9.47 Å². The number of halogens is 1. The first-order valence-electron chi connectivity index (χ1n) is 6.67. The number of benzene rings is 1. The maximum absolute atomic E-state index is 5.77. The van der Waals surface area contributed by atoms with Gasteiger partial charge in [0.2, 0.25) is 0 Å². The predicted octanol–water partition coefficient (Wildman–Crippen LogP) is 4.29. The SMILES string of the molecule is CCOc1ccccc1OCCCc1nc(CCl)cs1. The highest BCUT2D eigenvalue weighted by molar-refractivity contribution is 7.09. The normalized spacial score (nSPS) is 10.5. The first kappa shape index (κ1) is 15.1. The summed E-state index contributed by atoms with van der Waals surface area (Å²) in [5, 5.41) is 3.12. The number of rotatable bonds is 8. The summed E-state index contributed by atoms with van der Waals surface area (Å²) in [7, 11) is 0. The third-order valence-electron chi connectivity index (χ3n) is 2.68. The second-order valence-electron chi connectivity index (χ2n) is 4.20. The van der Waals surface area contributed by atoms with Crippen LogP contribution >= 0.6 is 22.9 Å². The highest BCUT2D eigenvalue weighted by Gasteiger charge is 2.04. The van der Waals surface area contributed by atoms with Crippen LogP contribution in [-0.4, -0.2) is 18.2 Å². The summed E-state index contributed by atoms with van der Waals surface area (Å²) in [6.07, 6.45) is 1.84. The molecule has 0 aliphatic rings.